The highest BCUT2D eigenvalue weighted by molar-refractivity contribution is 6.32. The Morgan fingerprint density at radius 1 is 1.36 bits per heavy atom. The summed E-state index contributed by atoms with van der Waals surface area (Å²) in [4.78, 5) is 22.0. The van der Waals surface area contributed by atoms with E-state index < -0.39 is 0 Å². The van der Waals surface area contributed by atoms with Crippen molar-refractivity contribution in [2.75, 3.05) is 11.9 Å². The van der Waals surface area contributed by atoms with Gasteiger partial charge < -0.3 is 10.2 Å². The topological polar surface area (TPSA) is 58.1 Å². The molecule has 1 fully saturated rings. The first-order valence-electron chi connectivity index (χ1n) is 6.89. The van der Waals surface area contributed by atoms with Crippen LogP contribution in [0.4, 0.5) is 10.2 Å². The summed E-state index contributed by atoms with van der Waals surface area (Å²) in [6.45, 7) is 1.10. The molecule has 2 heterocycles. The van der Waals surface area contributed by atoms with E-state index in [1.165, 1.54) is 24.7 Å². The average molecular weight is 321 g/mol. The second kappa shape index (κ2) is 6.27. The van der Waals surface area contributed by atoms with Gasteiger partial charge in [-0.15, -0.1) is 0 Å². The standard InChI is InChI=1S/C15H14ClFN4O/c16-12-7-18-9-19-14(12)20-13-5-6-21(15(13)22)8-10-1-3-11(17)4-2-10/h1-4,7,9,13H,5-6,8H2,(H,18,19,20). The number of rotatable bonds is 4. The van der Waals surface area contributed by atoms with Gasteiger partial charge in [0, 0.05) is 13.1 Å². The maximum Gasteiger partial charge on any atom is 0.245 e. The van der Waals surface area contributed by atoms with E-state index in [-0.39, 0.29) is 17.8 Å². The molecule has 0 spiro atoms. The molecule has 1 aromatic carbocycles. The maximum absolute atomic E-state index is 12.9. The van der Waals surface area contributed by atoms with Crippen molar-refractivity contribution in [3.8, 4) is 0 Å². The summed E-state index contributed by atoms with van der Waals surface area (Å²) in [6.07, 6.45) is 3.52. The molecule has 1 atom stereocenters. The molecule has 0 radical (unpaired) electrons. The van der Waals surface area contributed by atoms with Crippen LogP contribution in [0.1, 0.15) is 12.0 Å². The van der Waals surface area contributed by atoms with Crippen LogP contribution in [0.25, 0.3) is 0 Å². The molecule has 1 aliphatic rings. The summed E-state index contributed by atoms with van der Waals surface area (Å²) in [5, 5.41) is 3.43. The second-order valence-corrected chi connectivity index (χ2v) is 5.50. The summed E-state index contributed by atoms with van der Waals surface area (Å²) >= 11 is 5.98. The number of anilines is 1. The Morgan fingerprint density at radius 3 is 2.86 bits per heavy atom. The van der Waals surface area contributed by atoms with E-state index in [9.17, 15) is 9.18 Å². The lowest BCUT2D eigenvalue weighted by atomic mass is 10.2. The van der Waals surface area contributed by atoms with Crippen LogP contribution >= 0.6 is 11.6 Å². The number of hydrogen-bond donors (Lipinski definition) is 1. The Kier molecular flexibility index (Phi) is 4.20. The zero-order chi connectivity index (χ0) is 15.5. The number of hydrogen-bond acceptors (Lipinski definition) is 4. The van der Waals surface area contributed by atoms with Gasteiger partial charge >= 0.3 is 0 Å². The molecule has 7 heteroatoms. The number of nitrogens with one attached hydrogen (secondary N) is 1. The third-order valence-corrected chi connectivity index (χ3v) is 3.84. The number of benzene rings is 1. The summed E-state index contributed by atoms with van der Waals surface area (Å²) in [7, 11) is 0. The Hall–Kier alpha value is -2.21. The number of amides is 1. The van der Waals surface area contributed by atoms with Gasteiger partial charge in [-0.25, -0.2) is 14.4 Å². The molecule has 0 bridgehead atoms. The molecule has 0 aliphatic carbocycles. The highest BCUT2D eigenvalue weighted by Crippen LogP contribution is 2.22. The monoisotopic (exact) mass is 320 g/mol. The number of carbonyl (C=O) groups is 1. The zero-order valence-corrected chi connectivity index (χ0v) is 12.4. The highest BCUT2D eigenvalue weighted by atomic mass is 35.5. The van der Waals surface area contributed by atoms with Crippen LogP contribution in [-0.2, 0) is 11.3 Å². The quantitative estimate of drug-likeness (QED) is 0.940. The van der Waals surface area contributed by atoms with Crippen LogP contribution in [0.15, 0.2) is 36.8 Å². The molecule has 1 saturated heterocycles. The molecule has 3 rings (SSSR count). The summed E-state index contributed by atoms with van der Waals surface area (Å²) < 4.78 is 12.9. The van der Waals surface area contributed by atoms with Crippen LogP contribution in [-0.4, -0.2) is 33.4 Å². The number of nitrogens with zero attached hydrogens (tertiary/aromatic N) is 3. The third-order valence-electron chi connectivity index (χ3n) is 3.56. The molecule has 1 aromatic heterocycles. The van der Waals surface area contributed by atoms with Gasteiger partial charge in [-0.3, -0.25) is 4.79 Å². The normalized spacial score (nSPS) is 17.8. The van der Waals surface area contributed by atoms with E-state index in [0.29, 0.717) is 30.4 Å². The average Bonchev–Trinajstić information content (AvgIpc) is 2.85. The van der Waals surface area contributed by atoms with Gasteiger partial charge in [-0.2, -0.15) is 0 Å². The van der Waals surface area contributed by atoms with Gasteiger partial charge in [-0.05, 0) is 24.1 Å². The molecule has 1 aliphatic heterocycles. The Bertz CT molecular complexity index is 679. The minimum Gasteiger partial charge on any atom is -0.357 e. The van der Waals surface area contributed by atoms with Crippen LogP contribution in [0.3, 0.4) is 0 Å². The maximum atomic E-state index is 12.9. The molecule has 114 valence electrons. The SMILES string of the molecule is O=C1C(Nc2ncncc2Cl)CCN1Cc1ccc(F)cc1. The van der Waals surface area contributed by atoms with Crippen molar-refractivity contribution >= 4 is 23.3 Å². The predicted molar refractivity (Wildman–Crippen MR) is 80.9 cm³/mol. The Morgan fingerprint density at radius 2 is 2.14 bits per heavy atom. The van der Waals surface area contributed by atoms with Gasteiger partial charge in [0.2, 0.25) is 5.91 Å². The van der Waals surface area contributed by atoms with Crippen LogP contribution < -0.4 is 5.32 Å². The largest absolute Gasteiger partial charge is 0.357 e. The fourth-order valence-electron chi connectivity index (χ4n) is 2.42. The lowest BCUT2D eigenvalue weighted by Crippen LogP contribution is -2.33. The molecule has 0 saturated carbocycles. The fourth-order valence-corrected chi connectivity index (χ4v) is 2.58. The van der Waals surface area contributed by atoms with Gasteiger partial charge in [0.05, 0.1) is 6.20 Å². The van der Waals surface area contributed by atoms with Crippen molar-refractivity contribution in [2.45, 2.75) is 19.0 Å². The van der Waals surface area contributed by atoms with Gasteiger partial charge in [0.1, 0.15) is 29.0 Å². The molecule has 22 heavy (non-hydrogen) atoms. The first-order valence-corrected chi connectivity index (χ1v) is 7.26. The molecule has 1 amide bonds. The number of aromatic nitrogens is 2. The van der Waals surface area contributed by atoms with Crippen molar-refractivity contribution in [2.24, 2.45) is 0 Å². The van der Waals surface area contributed by atoms with Gasteiger partial charge in [0.25, 0.3) is 0 Å². The Balaban J connectivity index is 1.65. The van der Waals surface area contributed by atoms with Crippen molar-refractivity contribution < 1.29 is 9.18 Å². The molecule has 2 aromatic rings. The number of halogens is 2. The smallest absolute Gasteiger partial charge is 0.245 e. The lowest BCUT2D eigenvalue weighted by Gasteiger charge is -2.17. The minimum absolute atomic E-state index is 0.0148. The molecule has 5 nitrogen and oxygen atoms in total. The third kappa shape index (κ3) is 3.17. The predicted octanol–water partition coefficient (Wildman–Crippen LogP) is 2.48. The summed E-state index contributed by atoms with van der Waals surface area (Å²) in [5.41, 5.74) is 0.899. The van der Waals surface area contributed by atoms with Crippen molar-refractivity contribution in [3.05, 3.63) is 53.2 Å². The van der Waals surface area contributed by atoms with E-state index in [1.54, 1.807) is 17.0 Å². The van der Waals surface area contributed by atoms with E-state index >= 15 is 0 Å². The lowest BCUT2D eigenvalue weighted by molar-refractivity contribution is -0.128. The van der Waals surface area contributed by atoms with E-state index in [4.69, 9.17) is 11.6 Å². The van der Waals surface area contributed by atoms with Crippen molar-refractivity contribution in [1.82, 2.24) is 14.9 Å². The molecular formula is C15H14ClFN4O. The van der Waals surface area contributed by atoms with Crippen LogP contribution in [0.5, 0.6) is 0 Å². The van der Waals surface area contributed by atoms with Crippen LogP contribution in [0.2, 0.25) is 5.02 Å². The molecule has 1 unspecified atom stereocenters. The van der Waals surface area contributed by atoms with E-state index in [0.717, 1.165) is 5.56 Å². The number of carbonyl (C=O) groups excluding carboxylic acids is 1. The summed E-state index contributed by atoms with van der Waals surface area (Å²) in [5.74, 6) is 0.159. The zero-order valence-electron chi connectivity index (χ0n) is 11.7. The Labute approximate surface area is 132 Å². The number of likely N-dealkylation sites (tertiary alicyclic amines) is 1. The van der Waals surface area contributed by atoms with E-state index in [1.807, 2.05) is 0 Å². The fraction of sp³-hybridized carbons (Fsp3) is 0.267. The van der Waals surface area contributed by atoms with E-state index in [2.05, 4.69) is 15.3 Å². The highest BCUT2D eigenvalue weighted by Gasteiger charge is 2.32. The minimum atomic E-state index is -0.354. The summed E-state index contributed by atoms with van der Waals surface area (Å²) in [6, 6.07) is 5.81. The molecular weight excluding hydrogens is 307 g/mol. The van der Waals surface area contributed by atoms with Crippen molar-refractivity contribution in [3.63, 3.8) is 0 Å². The first kappa shape index (κ1) is 14.7. The second-order valence-electron chi connectivity index (χ2n) is 5.09. The first-order chi connectivity index (χ1) is 10.6. The van der Waals surface area contributed by atoms with Crippen molar-refractivity contribution in [1.29, 1.82) is 0 Å². The molecule has 1 N–H and O–H groups in total. The van der Waals surface area contributed by atoms with Gasteiger partial charge in [0.15, 0.2) is 0 Å². The van der Waals surface area contributed by atoms with Crippen LogP contribution in [0, 0.1) is 5.82 Å². The van der Waals surface area contributed by atoms with Gasteiger partial charge in [-0.1, -0.05) is 23.7 Å².